The number of hydrogen-bond acceptors (Lipinski definition) is 5. The highest BCUT2D eigenvalue weighted by molar-refractivity contribution is 7.10. The van der Waals surface area contributed by atoms with Gasteiger partial charge in [-0.05, 0) is 17.5 Å². The summed E-state index contributed by atoms with van der Waals surface area (Å²) < 4.78 is 5.72. The number of nitrogens with zero attached hydrogens (tertiary/aromatic N) is 3. The van der Waals surface area contributed by atoms with E-state index in [2.05, 4.69) is 9.97 Å². The molecule has 2 aromatic heterocycles. The van der Waals surface area contributed by atoms with Crippen LogP contribution >= 0.6 is 11.3 Å². The standard InChI is InChI=1S/C15H15N3O2S/c19-15(4-3-13-2-1-9-21-13)18-8-5-12(11-18)20-14-10-16-6-7-17-14/h1-4,6-7,9-10,12H,5,8,11H2. The van der Waals surface area contributed by atoms with Crippen LogP contribution in [-0.4, -0.2) is 40.0 Å². The third kappa shape index (κ3) is 3.66. The molecule has 6 heteroatoms. The van der Waals surface area contributed by atoms with Gasteiger partial charge in [0.15, 0.2) is 0 Å². The first-order valence-corrected chi connectivity index (χ1v) is 7.62. The van der Waals surface area contributed by atoms with Crippen molar-refractivity contribution in [3.63, 3.8) is 0 Å². The highest BCUT2D eigenvalue weighted by Crippen LogP contribution is 2.16. The summed E-state index contributed by atoms with van der Waals surface area (Å²) in [6.07, 6.45) is 9.06. The Morgan fingerprint density at radius 3 is 3.19 bits per heavy atom. The second-order valence-corrected chi connectivity index (χ2v) is 5.68. The molecular weight excluding hydrogens is 286 g/mol. The number of carbonyl (C=O) groups excluding carboxylic acids is 1. The lowest BCUT2D eigenvalue weighted by Gasteiger charge is -2.14. The highest BCUT2D eigenvalue weighted by atomic mass is 32.1. The van der Waals surface area contributed by atoms with Crippen LogP contribution in [0.5, 0.6) is 5.88 Å². The van der Waals surface area contributed by atoms with E-state index >= 15 is 0 Å². The maximum absolute atomic E-state index is 12.1. The predicted octanol–water partition coefficient (Wildman–Crippen LogP) is 2.23. The predicted molar refractivity (Wildman–Crippen MR) is 81.0 cm³/mol. The monoisotopic (exact) mass is 301 g/mol. The first-order chi connectivity index (χ1) is 10.3. The molecule has 0 radical (unpaired) electrons. The molecule has 0 saturated carbocycles. The van der Waals surface area contributed by atoms with Crippen molar-refractivity contribution in [2.75, 3.05) is 13.1 Å². The molecule has 1 atom stereocenters. The highest BCUT2D eigenvalue weighted by Gasteiger charge is 2.26. The van der Waals surface area contributed by atoms with E-state index in [9.17, 15) is 4.79 Å². The van der Waals surface area contributed by atoms with Crippen LogP contribution in [0, 0.1) is 0 Å². The van der Waals surface area contributed by atoms with E-state index in [-0.39, 0.29) is 12.0 Å². The fourth-order valence-electron chi connectivity index (χ4n) is 2.19. The second-order valence-electron chi connectivity index (χ2n) is 4.71. The zero-order valence-corrected chi connectivity index (χ0v) is 12.2. The third-order valence-corrected chi connectivity index (χ3v) is 4.05. The number of ether oxygens (including phenoxy) is 1. The molecule has 1 saturated heterocycles. The Balaban J connectivity index is 1.53. The molecule has 3 rings (SSSR count). The van der Waals surface area contributed by atoms with Gasteiger partial charge in [-0.3, -0.25) is 9.78 Å². The van der Waals surface area contributed by atoms with Crippen LogP contribution in [0.25, 0.3) is 6.08 Å². The van der Waals surface area contributed by atoms with Crippen molar-refractivity contribution in [2.24, 2.45) is 0 Å². The summed E-state index contributed by atoms with van der Waals surface area (Å²) in [4.78, 5) is 23.0. The molecule has 3 heterocycles. The minimum atomic E-state index is -0.0132. The van der Waals surface area contributed by atoms with Crippen molar-refractivity contribution in [1.82, 2.24) is 14.9 Å². The molecule has 1 aliphatic heterocycles. The van der Waals surface area contributed by atoms with Crippen LogP contribution in [0.15, 0.2) is 42.2 Å². The fraction of sp³-hybridized carbons (Fsp3) is 0.267. The Hall–Kier alpha value is -2.21. The maximum atomic E-state index is 12.1. The van der Waals surface area contributed by atoms with Gasteiger partial charge in [-0.1, -0.05) is 6.07 Å². The summed E-state index contributed by atoms with van der Waals surface area (Å²) >= 11 is 1.61. The van der Waals surface area contributed by atoms with E-state index in [0.29, 0.717) is 19.0 Å². The Bertz CT molecular complexity index is 613. The lowest BCUT2D eigenvalue weighted by atomic mass is 10.3. The van der Waals surface area contributed by atoms with Gasteiger partial charge in [-0.25, -0.2) is 4.98 Å². The topological polar surface area (TPSA) is 55.3 Å². The van der Waals surface area contributed by atoms with E-state index in [1.165, 1.54) is 0 Å². The molecule has 1 unspecified atom stereocenters. The summed E-state index contributed by atoms with van der Waals surface area (Å²) in [7, 11) is 0. The van der Waals surface area contributed by atoms with Crippen LogP contribution in [0.2, 0.25) is 0 Å². The summed E-state index contributed by atoms with van der Waals surface area (Å²) in [5.74, 6) is 0.527. The molecule has 0 aromatic carbocycles. The first-order valence-electron chi connectivity index (χ1n) is 6.74. The summed E-state index contributed by atoms with van der Waals surface area (Å²) in [6.45, 7) is 1.29. The van der Waals surface area contributed by atoms with Crippen molar-refractivity contribution in [1.29, 1.82) is 0 Å². The van der Waals surface area contributed by atoms with Gasteiger partial charge in [-0.2, -0.15) is 0 Å². The second kappa shape index (κ2) is 6.49. The normalized spacial score (nSPS) is 18.3. The zero-order chi connectivity index (χ0) is 14.5. The molecule has 1 fully saturated rings. The molecule has 5 nitrogen and oxygen atoms in total. The van der Waals surface area contributed by atoms with Gasteiger partial charge < -0.3 is 9.64 Å². The SMILES string of the molecule is O=C(C=Cc1cccs1)N1CCC(Oc2cnccn2)C1. The van der Waals surface area contributed by atoms with Crippen LogP contribution in [0.4, 0.5) is 0 Å². The number of aromatic nitrogens is 2. The van der Waals surface area contributed by atoms with Gasteiger partial charge in [0.2, 0.25) is 11.8 Å². The van der Waals surface area contributed by atoms with Crippen LogP contribution in [0.1, 0.15) is 11.3 Å². The fourth-order valence-corrected chi connectivity index (χ4v) is 2.80. The molecular formula is C15H15N3O2S. The van der Waals surface area contributed by atoms with Crippen molar-refractivity contribution >= 4 is 23.3 Å². The lowest BCUT2D eigenvalue weighted by Crippen LogP contribution is -2.29. The summed E-state index contributed by atoms with van der Waals surface area (Å²) in [6, 6.07) is 3.95. The van der Waals surface area contributed by atoms with Crippen molar-refractivity contribution in [3.05, 3.63) is 47.1 Å². The van der Waals surface area contributed by atoms with Crippen LogP contribution < -0.4 is 4.74 Å². The van der Waals surface area contributed by atoms with E-state index < -0.39 is 0 Å². The number of thiophene rings is 1. The Kier molecular flexibility index (Phi) is 4.25. The van der Waals surface area contributed by atoms with Gasteiger partial charge >= 0.3 is 0 Å². The molecule has 0 N–H and O–H groups in total. The quantitative estimate of drug-likeness (QED) is 0.813. The van der Waals surface area contributed by atoms with E-state index in [4.69, 9.17) is 4.74 Å². The van der Waals surface area contributed by atoms with Crippen molar-refractivity contribution in [2.45, 2.75) is 12.5 Å². The van der Waals surface area contributed by atoms with Crippen molar-refractivity contribution < 1.29 is 9.53 Å². The van der Waals surface area contributed by atoms with E-state index in [0.717, 1.165) is 11.3 Å². The minimum Gasteiger partial charge on any atom is -0.471 e. The van der Waals surface area contributed by atoms with Crippen LogP contribution in [-0.2, 0) is 4.79 Å². The van der Waals surface area contributed by atoms with Gasteiger partial charge in [0.25, 0.3) is 0 Å². The van der Waals surface area contributed by atoms with Gasteiger partial charge in [0, 0.05) is 36.3 Å². The molecule has 108 valence electrons. The average molecular weight is 301 g/mol. The Morgan fingerprint density at radius 2 is 2.43 bits per heavy atom. The largest absolute Gasteiger partial charge is 0.471 e. The number of carbonyl (C=O) groups is 1. The summed E-state index contributed by atoms with van der Waals surface area (Å²) in [5, 5.41) is 1.99. The lowest BCUT2D eigenvalue weighted by molar-refractivity contribution is -0.125. The number of hydrogen-bond donors (Lipinski definition) is 0. The smallest absolute Gasteiger partial charge is 0.246 e. The molecule has 0 bridgehead atoms. The van der Waals surface area contributed by atoms with Gasteiger partial charge in [0.1, 0.15) is 6.10 Å². The Morgan fingerprint density at radius 1 is 1.48 bits per heavy atom. The third-order valence-electron chi connectivity index (χ3n) is 3.22. The molecule has 0 spiro atoms. The van der Waals surface area contributed by atoms with Gasteiger partial charge in [-0.15, -0.1) is 11.3 Å². The number of rotatable bonds is 4. The Labute approximate surface area is 126 Å². The molecule has 1 amide bonds. The van der Waals surface area contributed by atoms with Crippen LogP contribution in [0.3, 0.4) is 0 Å². The maximum Gasteiger partial charge on any atom is 0.246 e. The zero-order valence-electron chi connectivity index (χ0n) is 11.4. The first kappa shape index (κ1) is 13.8. The molecule has 2 aromatic rings. The minimum absolute atomic E-state index is 0.0132. The number of likely N-dealkylation sites (tertiary alicyclic amines) is 1. The number of amides is 1. The van der Waals surface area contributed by atoms with Gasteiger partial charge in [0.05, 0.1) is 12.7 Å². The molecule has 0 aliphatic carbocycles. The molecule has 1 aliphatic rings. The summed E-state index contributed by atoms with van der Waals surface area (Å²) in [5.41, 5.74) is 0. The van der Waals surface area contributed by atoms with Crippen molar-refractivity contribution in [3.8, 4) is 5.88 Å². The van der Waals surface area contributed by atoms with E-state index in [1.54, 1.807) is 40.9 Å². The van der Waals surface area contributed by atoms with E-state index in [1.807, 2.05) is 23.6 Å². The molecule has 21 heavy (non-hydrogen) atoms. The average Bonchev–Trinajstić information content (AvgIpc) is 3.17.